The van der Waals surface area contributed by atoms with E-state index in [2.05, 4.69) is 17.0 Å². The molecule has 2 saturated heterocycles. The number of piperidine rings is 1. The average molecular weight is 320 g/mol. The largest absolute Gasteiger partial charge is 0.465 e. The number of benzene rings is 1. The van der Waals surface area contributed by atoms with Crippen LogP contribution in [0.1, 0.15) is 18.4 Å². The molecule has 6 nitrogen and oxygen atoms in total. The Kier molecular flexibility index (Phi) is 4.84. The van der Waals surface area contributed by atoms with Crippen LogP contribution >= 0.6 is 0 Å². The van der Waals surface area contributed by atoms with E-state index in [9.17, 15) is 9.90 Å². The molecular weight excluding hydrogens is 296 g/mol. The summed E-state index contributed by atoms with van der Waals surface area (Å²) in [6.45, 7) is 3.29. The van der Waals surface area contributed by atoms with Gasteiger partial charge in [0.25, 0.3) is 0 Å². The van der Waals surface area contributed by atoms with Crippen LogP contribution in [0.15, 0.2) is 30.3 Å². The summed E-state index contributed by atoms with van der Waals surface area (Å²) < 4.78 is 6.15. The van der Waals surface area contributed by atoms with E-state index in [1.807, 2.05) is 18.2 Å². The number of carbonyl (C=O) groups is 1. The van der Waals surface area contributed by atoms with E-state index >= 15 is 0 Å². The van der Waals surface area contributed by atoms with Gasteiger partial charge in [-0.15, -0.1) is 0 Å². The maximum atomic E-state index is 11.1. The third kappa shape index (κ3) is 3.83. The van der Waals surface area contributed by atoms with Crippen LogP contribution < -0.4 is 0 Å². The Labute approximate surface area is 136 Å². The molecule has 2 aliphatic rings. The van der Waals surface area contributed by atoms with Gasteiger partial charge in [0.05, 0.1) is 18.3 Å². The average Bonchev–Trinajstić information content (AvgIpc) is 2.55. The van der Waals surface area contributed by atoms with Gasteiger partial charge in [-0.25, -0.2) is 4.79 Å². The molecule has 0 aromatic heterocycles. The number of hydrogen-bond donors (Lipinski definition) is 2. The smallest absolute Gasteiger partial charge is 0.407 e. The summed E-state index contributed by atoms with van der Waals surface area (Å²) in [5.74, 6) is 0. The van der Waals surface area contributed by atoms with Crippen molar-refractivity contribution < 1.29 is 19.7 Å². The number of carboxylic acid groups (broad SMARTS) is 1. The van der Waals surface area contributed by atoms with Gasteiger partial charge in [0.1, 0.15) is 0 Å². The molecule has 2 aliphatic heterocycles. The molecule has 1 unspecified atom stereocenters. The highest BCUT2D eigenvalue weighted by Gasteiger charge is 2.43. The lowest BCUT2D eigenvalue weighted by Gasteiger charge is -2.49. The number of morpholine rings is 1. The maximum absolute atomic E-state index is 11.1. The van der Waals surface area contributed by atoms with Gasteiger partial charge in [-0.2, -0.15) is 0 Å². The summed E-state index contributed by atoms with van der Waals surface area (Å²) in [6, 6.07) is 10.3. The number of likely N-dealkylation sites (tertiary alicyclic amines) is 1. The van der Waals surface area contributed by atoms with Gasteiger partial charge >= 0.3 is 6.09 Å². The number of ether oxygens (including phenoxy) is 1. The van der Waals surface area contributed by atoms with E-state index in [1.165, 1.54) is 10.5 Å². The molecular formula is C17H24N2O4. The minimum absolute atomic E-state index is 0.00428. The second kappa shape index (κ2) is 6.86. The van der Waals surface area contributed by atoms with Gasteiger partial charge in [-0.05, 0) is 18.4 Å². The van der Waals surface area contributed by atoms with Crippen LogP contribution in [0.2, 0.25) is 0 Å². The van der Waals surface area contributed by atoms with Crippen LogP contribution in [0.4, 0.5) is 4.79 Å². The van der Waals surface area contributed by atoms with Crippen molar-refractivity contribution >= 4 is 6.09 Å². The van der Waals surface area contributed by atoms with Gasteiger partial charge in [-0.3, -0.25) is 4.90 Å². The zero-order valence-electron chi connectivity index (χ0n) is 13.2. The summed E-state index contributed by atoms with van der Waals surface area (Å²) in [7, 11) is 0. The van der Waals surface area contributed by atoms with Crippen molar-refractivity contribution in [3.05, 3.63) is 35.9 Å². The first-order valence-corrected chi connectivity index (χ1v) is 8.13. The zero-order valence-corrected chi connectivity index (χ0v) is 13.2. The molecule has 2 fully saturated rings. The first-order chi connectivity index (χ1) is 11.1. The fourth-order valence-corrected chi connectivity index (χ4v) is 3.63. The molecule has 2 heterocycles. The highest BCUT2D eigenvalue weighted by atomic mass is 16.5. The summed E-state index contributed by atoms with van der Waals surface area (Å²) in [6.07, 6.45) is 0.293. The normalized spacial score (nSPS) is 24.7. The molecule has 0 bridgehead atoms. The Hall–Kier alpha value is -1.63. The molecule has 1 atom stereocenters. The van der Waals surface area contributed by atoms with Gasteiger partial charge in [0.15, 0.2) is 0 Å². The number of hydrogen-bond acceptors (Lipinski definition) is 4. The number of nitrogens with zero attached hydrogens (tertiary/aromatic N) is 2. The maximum Gasteiger partial charge on any atom is 0.407 e. The molecule has 0 radical (unpaired) electrons. The minimum Gasteiger partial charge on any atom is -0.465 e. The monoisotopic (exact) mass is 320 g/mol. The predicted molar refractivity (Wildman–Crippen MR) is 85.2 cm³/mol. The van der Waals surface area contributed by atoms with Crippen molar-refractivity contribution in [3.8, 4) is 0 Å². The molecule has 3 rings (SSSR count). The second-order valence-corrected chi connectivity index (χ2v) is 6.53. The van der Waals surface area contributed by atoms with E-state index < -0.39 is 6.09 Å². The molecule has 1 aromatic rings. The molecule has 126 valence electrons. The van der Waals surface area contributed by atoms with Gasteiger partial charge in [0.2, 0.25) is 0 Å². The fourth-order valence-electron chi connectivity index (χ4n) is 3.63. The van der Waals surface area contributed by atoms with Crippen molar-refractivity contribution in [2.45, 2.75) is 31.1 Å². The standard InChI is InChI=1S/C17H24N2O4/c20-12-15-11-18(10-14-4-2-1-3-5-14)13-17(23-15)6-8-19(9-7-17)16(21)22/h1-5,15,20H,6-13H2,(H,21,22). The van der Waals surface area contributed by atoms with Crippen molar-refractivity contribution in [3.63, 3.8) is 0 Å². The summed E-state index contributed by atoms with van der Waals surface area (Å²) in [4.78, 5) is 14.8. The Morgan fingerprint density at radius 1 is 1.26 bits per heavy atom. The van der Waals surface area contributed by atoms with Crippen LogP contribution in [0.5, 0.6) is 0 Å². The van der Waals surface area contributed by atoms with E-state index in [0.29, 0.717) is 32.5 Å². The van der Waals surface area contributed by atoms with Crippen LogP contribution in [-0.2, 0) is 11.3 Å². The molecule has 6 heteroatoms. The van der Waals surface area contributed by atoms with Crippen LogP contribution in [-0.4, -0.2) is 70.6 Å². The lowest BCUT2D eigenvalue weighted by atomic mass is 9.88. The SMILES string of the molecule is O=C(O)N1CCC2(CC1)CN(Cc1ccccc1)CC(CO)O2. The van der Waals surface area contributed by atoms with E-state index in [1.54, 1.807) is 0 Å². The Balaban J connectivity index is 1.68. The number of amides is 1. The van der Waals surface area contributed by atoms with Gasteiger partial charge in [0, 0.05) is 32.7 Å². The minimum atomic E-state index is -0.865. The second-order valence-electron chi connectivity index (χ2n) is 6.53. The molecule has 1 aromatic carbocycles. The van der Waals surface area contributed by atoms with Crippen molar-refractivity contribution in [2.75, 3.05) is 32.8 Å². The number of rotatable bonds is 3. The van der Waals surface area contributed by atoms with Crippen LogP contribution in [0.25, 0.3) is 0 Å². The third-order valence-corrected chi connectivity index (χ3v) is 4.79. The first-order valence-electron chi connectivity index (χ1n) is 8.13. The van der Waals surface area contributed by atoms with Gasteiger partial charge in [-0.1, -0.05) is 30.3 Å². The summed E-state index contributed by atoms with van der Waals surface area (Å²) >= 11 is 0. The Morgan fingerprint density at radius 2 is 1.96 bits per heavy atom. The van der Waals surface area contributed by atoms with Crippen LogP contribution in [0.3, 0.4) is 0 Å². The molecule has 1 spiro atoms. The van der Waals surface area contributed by atoms with Crippen molar-refractivity contribution in [1.29, 1.82) is 0 Å². The quantitative estimate of drug-likeness (QED) is 0.880. The molecule has 1 amide bonds. The van der Waals surface area contributed by atoms with Crippen molar-refractivity contribution in [1.82, 2.24) is 9.80 Å². The topological polar surface area (TPSA) is 73.2 Å². The Morgan fingerprint density at radius 3 is 2.57 bits per heavy atom. The highest BCUT2D eigenvalue weighted by molar-refractivity contribution is 5.65. The van der Waals surface area contributed by atoms with Crippen LogP contribution in [0, 0.1) is 0 Å². The first kappa shape index (κ1) is 16.2. The zero-order chi connectivity index (χ0) is 16.3. The van der Waals surface area contributed by atoms with E-state index in [4.69, 9.17) is 9.84 Å². The third-order valence-electron chi connectivity index (χ3n) is 4.79. The number of aliphatic hydroxyl groups is 1. The lowest BCUT2D eigenvalue weighted by molar-refractivity contribution is -0.184. The van der Waals surface area contributed by atoms with E-state index in [-0.39, 0.29) is 18.3 Å². The Bertz CT molecular complexity index is 529. The molecule has 0 saturated carbocycles. The molecule has 0 aliphatic carbocycles. The predicted octanol–water partition coefficient (Wildman–Crippen LogP) is 1.39. The van der Waals surface area contributed by atoms with Gasteiger partial charge < -0.3 is 19.8 Å². The number of aliphatic hydroxyl groups excluding tert-OH is 1. The molecule has 2 N–H and O–H groups in total. The summed E-state index contributed by atoms with van der Waals surface area (Å²) in [5, 5.41) is 18.7. The highest BCUT2D eigenvalue weighted by Crippen LogP contribution is 2.33. The van der Waals surface area contributed by atoms with E-state index in [0.717, 1.165) is 13.1 Å². The fraction of sp³-hybridized carbons (Fsp3) is 0.588. The molecule has 23 heavy (non-hydrogen) atoms. The lowest BCUT2D eigenvalue weighted by Crippen LogP contribution is -2.60. The summed E-state index contributed by atoms with van der Waals surface area (Å²) in [5.41, 5.74) is 0.899. The van der Waals surface area contributed by atoms with Crippen molar-refractivity contribution in [2.24, 2.45) is 0 Å².